The minimum Gasteiger partial charge on any atom is -0.460 e. The SMILES string of the molecule is C[C@]12C=CC(=O)C=C1CCC1C3C[C@@H](O)[C@](O)(C(=O)COC(=O)C(N)COC(=O)c4cccc(CCO[N+](=O)[O-])c4)[C@@]3(C)C[C@H](O)[C@@]12F. The van der Waals surface area contributed by atoms with Crippen molar-refractivity contribution < 1.29 is 58.3 Å². The largest absolute Gasteiger partial charge is 0.460 e. The number of nitrogens with two attached hydrogens (primary N) is 1. The number of halogens is 1. The molecule has 3 saturated carbocycles. The van der Waals surface area contributed by atoms with E-state index in [1.54, 1.807) is 13.0 Å². The van der Waals surface area contributed by atoms with Gasteiger partial charge in [0.1, 0.15) is 19.3 Å². The van der Waals surface area contributed by atoms with Crippen molar-refractivity contribution in [2.45, 2.75) is 75.5 Å². The van der Waals surface area contributed by atoms with E-state index in [2.05, 4.69) is 4.84 Å². The number of allylic oxidation sites excluding steroid dienone is 4. The fourth-order valence-electron chi connectivity index (χ4n) is 8.49. The van der Waals surface area contributed by atoms with Crippen molar-refractivity contribution in [2.75, 3.05) is 19.8 Å². The highest BCUT2D eigenvalue weighted by Gasteiger charge is 2.76. The molecule has 5 rings (SSSR count). The number of nitrogens with zero attached hydrogens (tertiary/aromatic N) is 1. The molecule has 0 aliphatic heterocycles. The lowest BCUT2D eigenvalue weighted by molar-refractivity contribution is -0.757. The first-order valence-corrected chi connectivity index (χ1v) is 15.7. The van der Waals surface area contributed by atoms with Crippen LogP contribution in [-0.4, -0.2) is 93.3 Å². The van der Waals surface area contributed by atoms with Crippen molar-refractivity contribution in [3.8, 4) is 0 Å². The summed E-state index contributed by atoms with van der Waals surface area (Å²) in [4.78, 5) is 65.3. The summed E-state index contributed by atoms with van der Waals surface area (Å²) in [6.07, 6.45) is 1.00. The third-order valence-electron chi connectivity index (χ3n) is 11.1. The Labute approximate surface area is 274 Å². The normalized spacial score (nSPS) is 35.7. The molecule has 0 aromatic heterocycles. The minimum absolute atomic E-state index is 0.0868. The van der Waals surface area contributed by atoms with E-state index in [0.717, 1.165) is 0 Å². The van der Waals surface area contributed by atoms with Gasteiger partial charge in [-0.2, -0.15) is 0 Å². The highest BCUT2D eigenvalue weighted by Crippen LogP contribution is 2.69. The Balaban J connectivity index is 1.21. The van der Waals surface area contributed by atoms with E-state index in [4.69, 9.17) is 15.2 Å². The number of ether oxygens (including phenoxy) is 2. The number of alkyl halides is 1. The van der Waals surface area contributed by atoms with Gasteiger partial charge in [0.2, 0.25) is 5.78 Å². The fourth-order valence-corrected chi connectivity index (χ4v) is 8.49. The lowest BCUT2D eigenvalue weighted by Gasteiger charge is -2.62. The number of carbonyl (C=O) groups excluding carboxylic acids is 4. The summed E-state index contributed by atoms with van der Waals surface area (Å²) in [6, 6.07) is 4.49. The summed E-state index contributed by atoms with van der Waals surface area (Å²) >= 11 is 0. The number of rotatable bonds is 11. The molecule has 3 unspecified atom stereocenters. The lowest BCUT2D eigenvalue weighted by Crippen LogP contribution is -2.69. The number of hydrogen-bond donors (Lipinski definition) is 4. The van der Waals surface area contributed by atoms with E-state index < -0.39 is 88.2 Å². The zero-order valence-corrected chi connectivity index (χ0v) is 26.5. The highest BCUT2D eigenvalue weighted by molar-refractivity contribution is 6.01. The van der Waals surface area contributed by atoms with Crippen LogP contribution in [0.4, 0.5) is 4.39 Å². The van der Waals surface area contributed by atoms with Crippen LogP contribution in [0, 0.1) is 32.8 Å². The van der Waals surface area contributed by atoms with Crippen LogP contribution in [-0.2, 0) is 35.1 Å². The highest BCUT2D eigenvalue weighted by atomic mass is 19.1. The molecule has 0 radical (unpaired) electrons. The summed E-state index contributed by atoms with van der Waals surface area (Å²) < 4.78 is 27.4. The van der Waals surface area contributed by atoms with Gasteiger partial charge in [-0.05, 0) is 74.8 Å². The Bertz CT molecular complexity index is 1580. The molecule has 0 heterocycles. The van der Waals surface area contributed by atoms with Crippen molar-refractivity contribution in [3.05, 3.63) is 69.3 Å². The van der Waals surface area contributed by atoms with Gasteiger partial charge in [0, 0.05) is 16.7 Å². The summed E-state index contributed by atoms with van der Waals surface area (Å²) in [6.45, 7) is 1.29. The third kappa shape index (κ3) is 5.61. The first-order chi connectivity index (χ1) is 22.5. The molecule has 1 aromatic rings. The van der Waals surface area contributed by atoms with E-state index >= 15 is 4.39 Å². The molecule has 1 aromatic carbocycles. The fraction of sp³-hybridized carbons (Fsp3) is 0.576. The number of Topliss-reactive ketones (excluding diaryl/α,β-unsaturated/α-hetero) is 1. The van der Waals surface area contributed by atoms with Gasteiger partial charge < -0.3 is 35.4 Å². The Kier molecular flexibility index (Phi) is 9.38. The van der Waals surface area contributed by atoms with Crippen LogP contribution in [0.5, 0.6) is 0 Å². The number of aliphatic hydroxyl groups is 3. The Morgan fingerprint density at radius 3 is 2.60 bits per heavy atom. The molecular formula is C33H39FN2O12. The van der Waals surface area contributed by atoms with Gasteiger partial charge in [-0.3, -0.25) is 14.4 Å². The van der Waals surface area contributed by atoms with Gasteiger partial charge in [0.05, 0.1) is 17.8 Å². The number of benzene rings is 1. The molecular weight excluding hydrogens is 635 g/mol. The second-order valence-corrected chi connectivity index (χ2v) is 13.5. The second-order valence-electron chi connectivity index (χ2n) is 13.5. The monoisotopic (exact) mass is 674 g/mol. The minimum atomic E-state index is -2.50. The number of esters is 2. The van der Waals surface area contributed by atoms with Crippen LogP contribution in [0.15, 0.2) is 48.1 Å². The molecule has 9 atom stereocenters. The van der Waals surface area contributed by atoms with E-state index in [1.807, 2.05) is 0 Å². The van der Waals surface area contributed by atoms with Crippen LogP contribution < -0.4 is 5.73 Å². The van der Waals surface area contributed by atoms with Crippen molar-refractivity contribution in [1.29, 1.82) is 0 Å². The molecule has 15 heteroatoms. The molecule has 3 fully saturated rings. The summed E-state index contributed by atoms with van der Waals surface area (Å²) in [5.41, 5.74) is -0.513. The quantitative estimate of drug-likeness (QED) is 0.147. The van der Waals surface area contributed by atoms with Gasteiger partial charge in [-0.25, -0.2) is 9.18 Å². The first kappa shape index (κ1) is 35.3. The van der Waals surface area contributed by atoms with Crippen molar-refractivity contribution in [2.24, 2.45) is 28.4 Å². The lowest BCUT2D eigenvalue weighted by atomic mass is 9.44. The van der Waals surface area contributed by atoms with Crippen molar-refractivity contribution in [1.82, 2.24) is 0 Å². The summed E-state index contributed by atoms with van der Waals surface area (Å²) in [7, 11) is 0. The smallest absolute Gasteiger partial charge is 0.338 e. The Hall–Kier alpha value is -4.05. The molecule has 5 N–H and O–H groups in total. The van der Waals surface area contributed by atoms with Gasteiger partial charge in [0.15, 0.2) is 23.7 Å². The van der Waals surface area contributed by atoms with E-state index in [9.17, 15) is 44.6 Å². The third-order valence-corrected chi connectivity index (χ3v) is 11.1. The van der Waals surface area contributed by atoms with Gasteiger partial charge in [-0.1, -0.05) is 30.7 Å². The zero-order valence-electron chi connectivity index (χ0n) is 26.5. The summed E-state index contributed by atoms with van der Waals surface area (Å²) in [5.74, 6) is -4.92. The molecule has 4 aliphatic carbocycles. The number of ketones is 2. The van der Waals surface area contributed by atoms with Crippen LogP contribution in [0.3, 0.4) is 0 Å². The van der Waals surface area contributed by atoms with Crippen molar-refractivity contribution >= 4 is 23.5 Å². The molecule has 0 spiro atoms. The molecule has 48 heavy (non-hydrogen) atoms. The molecule has 260 valence electrons. The summed E-state index contributed by atoms with van der Waals surface area (Å²) in [5, 5.41) is 43.7. The molecule has 4 aliphatic rings. The van der Waals surface area contributed by atoms with Gasteiger partial charge in [-0.15, -0.1) is 10.1 Å². The molecule has 0 amide bonds. The maximum absolute atomic E-state index is 17.3. The standard InChI is InChI=1S/C33H39FN2O12/c1-30-10-8-21(37)13-20(30)6-7-22-23-14-25(38)33(43,31(23,2)15-26(39)32(22,30)34)27(40)17-47-29(42)24(35)16-46-28(41)19-5-3-4-18(12-19)9-11-48-36(44)45/h3-5,8,10,12-13,22-26,38-39,43H,6-7,9,11,14-17,35H2,1-2H3/t22?,23?,24?,25-,26+,30+,31+,32+,33+/m1/s1. The molecule has 14 nitrogen and oxygen atoms in total. The predicted octanol–water partition coefficient (Wildman–Crippen LogP) is 1.11. The number of carbonyl (C=O) groups is 4. The Morgan fingerprint density at radius 1 is 1.17 bits per heavy atom. The van der Waals surface area contributed by atoms with Gasteiger partial charge in [0.25, 0.3) is 5.09 Å². The number of fused-ring (bicyclic) bond motifs is 5. The maximum Gasteiger partial charge on any atom is 0.338 e. The molecule has 0 bridgehead atoms. The predicted molar refractivity (Wildman–Crippen MR) is 162 cm³/mol. The number of aliphatic hydroxyl groups excluding tert-OH is 2. The molecule has 0 saturated heterocycles. The van der Waals surface area contributed by atoms with Crippen LogP contribution in [0.2, 0.25) is 0 Å². The zero-order chi connectivity index (χ0) is 35.2. The second kappa shape index (κ2) is 12.8. The average Bonchev–Trinajstić information content (AvgIpc) is 3.24. The van der Waals surface area contributed by atoms with Gasteiger partial charge >= 0.3 is 11.9 Å². The van der Waals surface area contributed by atoms with E-state index in [0.29, 0.717) is 17.6 Å². The van der Waals surface area contributed by atoms with Crippen LogP contribution in [0.25, 0.3) is 0 Å². The van der Waals surface area contributed by atoms with Crippen molar-refractivity contribution in [3.63, 3.8) is 0 Å². The van der Waals surface area contributed by atoms with E-state index in [1.165, 1.54) is 43.4 Å². The number of hydrogen-bond acceptors (Lipinski definition) is 13. The topological polar surface area (TPSA) is 226 Å². The Morgan fingerprint density at radius 2 is 1.90 bits per heavy atom. The van der Waals surface area contributed by atoms with E-state index in [-0.39, 0.29) is 43.6 Å². The average molecular weight is 675 g/mol. The van der Waals surface area contributed by atoms with Crippen LogP contribution >= 0.6 is 0 Å². The first-order valence-electron chi connectivity index (χ1n) is 15.7. The van der Waals surface area contributed by atoms with Crippen LogP contribution in [0.1, 0.15) is 55.5 Å². The maximum atomic E-state index is 17.3.